The van der Waals surface area contributed by atoms with Crippen LogP contribution in [-0.4, -0.2) is 33.6 Å². The van der Waals surface area contributed by atoms with Crippen LogP contribution in [0, 0.1) is 0 Å². The third kappa shape index (κ3) is 6.31. The maximum atomic E-state index is 11.7. The molecule has 0 unspecified atom stereocenters. The van der Waals surface area contributed by atoms with Gasteiger partial charge in [-0.3, -0.25) is 9.59 Å². The molecule has 0 bridgehead atoms. The summed E-state index contributed by atoms with van der Waals surface area (Å²) in [4.78, 5) is 22.5. The van der Waals surface area contributed by atoms with E-state index in [1.807, 2.05) is 30.3 Å². The molecule has 2 aromatic carbocycles. The first kappa shape index (κ1) is 21.4. The normalized spacial score (nSPS) is 17.7. The predicted molar refractivity (Wildman–Crippen MR) is 117 cm³/mol. The first-order valence-corrected chi connectivity index (χ1v) is 10.4. The number of carbonyl (C=O) groups is 2. The molecule has 0 aliphatic carbocycles. The summed E-state index contributed by atoms with van der Waals surface area (Å²) < 4.78 is 6.72. The molecule has 1 aliphatic heterocycles. The van der Waals surface area contributed by atoms with Gasteiger partial charge in [0.2, 0.25) is 5.91 Å². The van der Waals surface area contributed by atoms with Crippen molar-refractivity contribution in [2.45, 2.75) is 18.3 Å². The van der Waals surface area contributed by atoms with Crippen molar-refractivity contribution in [2.75, 3.05) is 0 Å². The van der Waals surface area contributed by atoms with Gasteiger partial charge in [0.05, 0.1) is 12.6 Å². The molecule has 7 nitrogen and oxygen atoms in total. The Morgan fingerprint density at radius 2 is 2.07 bits per heavy atom. The van der Waals surface area contributed by atoms with E-state index in [1.54, 1.807) is 12.1 Å². The van der Waals surface area contributed by atoms with E-state index in [9.17, 15) is 9.59 Å². The second-order valence-electron chi connectivity index (χ2n) is 5.94. The smallest absolute Gasteiger partial charge is 0.305 e. The fourth-order valence-electron chi connectivity index (χ4n) is 2.38. The highest BCUT2D eigenvalue weighted by Gasteiger charge is 2.32. The Labute approximate surface area is 184 Å². The van der Waals surface area contributed by atoms with Crippen molar-refractivity contribution in [3.05, 3.63) is 63.1 Å². The van der Waals surface area contributed by atoms with E-state index in [4.69, 9.17) is 21.4 Å². The van der Waals surface area contributed by atoms with Gasteiger partial charge < -0.3 is 15.2 Å². The van der Waals surface area contributed by atoms with Crippen LogP contribution >= 0.6 is 39.3 Å². The Bertz CT molecular complexity index is 982. The quantitative estimate of drug-likeness (QED) is 0.444. The third-order valence-electron chi connectivity index (χ3n) is 3.76. The van der Waals surface area contributed by atoms with Gasteiger partial charge in [-0.05, 0) is 35.9 Å². The van der Waals surface area contributed by atoms with Crippen molar-refractivity contribution in [3.63, 3.8) is 0 Å². The molecular weight excluding hydrogens is 482 g/mol. The van der Waals surface area contributed by atoms with Gasteiger partial charge in [-0.25, -0.2) is 0 Å². The number of carboxylic acids is 1. The van der Waals surface area contributed by atoms with Crippen molar-refractivity contribution in [1.29, 1.82) is 0 Å². The summed E-state index contributed by atoms with van der Waals surface area (Å²) in [5.41, 5.74) is 1.66. The van der Waals surface area contributed by atoms with E-state index in [0.717, 1.165) is 21.8 Å². The van der Waals surface area contributed by atoms with Crippen LogP contribution in [0.3, 0.4) is 0 Å². The minimum absolute atomic E-state index is 0.260. The summed E-state index contributed by atoms with van der Waals surface area (Å²) in [6, 6.07) is 12.8. The summed E-state index contributed by atoms with van der Waals surface area (Å²) >= 11 is 10.3. The molecule has 0 radical (unpaired) electrons. The molecule has 29 heavy (non-hydrogen) atoms. The van der Waals surface area contributed by atoms with Crippen LogP contribution in [0.5, 0.6) is 5.75 Å². The fraction of sp³-hybridized carbons (Fsp3) is 0.158. The second-order valence-corrected chi connectivity index (χ2v) is 8.48. The number of ether oxygens (including phenoxy) is 1. The first-order chi connectivity index (χ1) is 13.9. The Morgan fingerprint density at radius 1 is 1.31 bits per heavy atom. The van der Waals surface area contributed by atoms with Crippen LogP contribution in [0.25, 0.3) is 0 Å². The zero-order valence-electron chi connectivity index (χ0n) is 14.8. The lowest BCUT2D eigenvalue weighted by molar-refractivity contribution is -0.138. The minimum Gasteiger partial charge on any atom is -0.488 e. The molecule has 150 valence electrons. The van der Waals surface area contributed by atoms with E-state index in [1.165, 1.54) is 6.21 Å². The number of thioether (sulfide) groups is 1. The van der Waals surface area contributed by atoms with Gasteiger partial charge in [0.1, 0.15) is 17.6 Å². The number of nitrogens with one attached hydrogen (secondary N) is 1. The van der Waals surface area contributed by atoms with E-state index in [2.05, 4.69) is 31.4 Å². The number of hydrogen-bond donors (Lipinski definition) is 2. The molecule has 1 heterocycles. The Kier molecular flexibility index (Phi) is 7.29. The number of hydrogen-bond acceptors (Lipinski definition) is 6. The first-order valence-electron chi connectivity index (χ1n) is 8.38. The monoisotopic (exact) mass is 495 g/mol. The van der Waals surface area contributed by atoms with Crippen LogP contribution in [0.1, 0.15) is 17.5 Å². The number of halogens is 2. The SMILES string of the molecule is O=C(O)C[C@@H]1S/C(=N\N=C/c2cc(Br)ccc2OCc2ccc(Cl)cc2)NC1=O. The zero-order valence-corrected chi connectivity index (χ0v) is 18.0. The number of aliphatic carboxylic acids is 1. The third-order valence-corrected chi connectivity index (χ3v) is 5.58. The highest BCUT2D eigenvalue weighted by Crippen LogP contribution is 2.24. The maximum Gasteiger partial charge on any atom is 0.305 e. The Balaban J connectivity index is 1.68. The number of carboxylic acid groups (broad SMARTS) is 1. The van der Waals surface area contributed by atoms with Gasteiger partial charge in [-0.1, -0.05) is 51.4 Å². The van der Waals surface area contributed by atoms with Gasteiger partial charge >= 0.3 is 5.97 Å². The van der Waals surface area contributed by atoms with Crippen LogP contribution in [0.15, 0.2) is 57.1 Å². The molecule has 0 aromatic heterocycles. The maximum absolute atomic E-state index is 11.7. The van der Waals surface area contributed by atoms with Crippen molar-refractivity contribution in [3.8, 4) is 5.75 Å². The van der Waals surface area contributed by atoms with E-state index in [0.29, 0.717) is 22.9 Å². The molecule has 3 rings (SSSR count). The average molecular weight is 497 g/mol. The van der Waals surface area contributed by atoms with Crippen LogP contribution < -0.4 is 10.1 Å². The molecule has 2 N–H and O–H groups in total. The van der Waals surface area contributed by atoms with Gasteiger partial charge in [0, 0.05) is 15.1 Å². The number of amidine groups is 1. The minimum atomic E-state index is -1.04. The zero-order chi connectivity index (χ0) is 20.8. The number of rotatable bonds is 7. The molecule has 10 heteroatoms. The Hall–Kier alpha value is -2.36. The van der Waals surface area contributed by atoms with Crippen molar-refractivity contribution < 1.29 is 19.4 Å². The molecule has 1 amide bonds. The summed E-state index contributed by atoms with van der Waals surface area (Å²) in [6.45, 7) is 0.358. The molecule has 2 aromatic rings. The molecule has 0 saturated carbocycles. The van der Waals surface area contributed by atoms with Crippen LogP contribution in [0.4, 0.5) is 0 Å². The summed E-state index contributed by atoms with van der Waals surface area (Å²) in [7, 11) is 0. The fourth-order valence-corrected chi connectivity index (χ4v) is 3.80. The highest BCUT2D eigenvalue weighted by atomic mass is 79.9. The molecular formula is C19H15BrClN3O4S. The molecule has 1 aliphatic rings. The van der Waals surface area contributed by atoms with Gasteiger partial charge in [-0.15, -0.1) is 5.10 Å². The van der Waals surface area contributed by atoms with E-state index < -0.39 is 11.2 Å². The van der Waals surface area contributed by atoms with Gasteiger partial charge in [0.15, 0.2) is 5.17 Å². The Morgan fingerprint density at radius 3 is 2.79 bits per heavy atom. The number of benzene rings is 2. The molecule has 1 atom stereocenters. The summed E-state index contributed by atoms with van der Waals surface area (Å²) in [5.74, 6) is -0.821. The lowest BCUT2D eigenvalue weighted by Crippen LogP contribution is -2.26. The average Bonchev–Trinajstić information content (AvgIpc) is 3.01. The van der Waals surface area contributed by atoms with E-state index in [-0.39, 0.29) is 17.5 Å². The predicted octanol–water partition coefficient (Wildman–Crippen LogP) is 4.08. The number of carbonyl (C=O) groups excluding carboxylic acids is 1. The summed E-state index contributed by atoms with van der Waals surface area (Å²) in [5, 5.41) is 19.5. The number of amides is 1. The topological polar surface area (TPSA) is 100 Å². The van der Waals surface area contributed by atoms with Crippen LogP contribution in [0.2, 0.25) is 5.02 Å². The standard InChI is InChI=1S/C19H15BrClN3O4S/c20-13-3-6-15(28-10-11-1-4-14(21)5-2-11)12(7-13)9-22-24-19-23-18(27)16(29-19)8-17(25)26/h1-7,9,16H,8,10H2,(H,25,26)(H,23,24,27)/b22-9-/t16-/m0/s1. The second kappa shape index (κ2) is 9.91. The van der Waals surface area contributed by atoms with Crippen molar-refractivity contribution >= 4 is 62.6 Å². The molecule has 1 fully saturated rings. The van der Waals surface area contributed by atoms with E-state index >= 15 is 0 Å². The van der Waals surface area contributed by atoms with Crippen molar-refractivity contribution in [2.24, 2.45) is 10.2 Å². The van der Waals surface area contributed by atoms with Crippen molar-refractivity contribution in [1.82, 2.24) is 5.32 Å². The van der Waals surface area contributed by atoms with Gasteiger partial charge in [-0.2, -0.15) is 5.10 Å². The molecule has 1 saturated heterocycles. The van der Waals surface area contributed by atoms with Crippen LogP contribution in [-0.2, 0) is 16.2 Å². The van der Waals surface area contributed by atoms with Gasteiger partial charge in [0.25, 0.3) is 0 Å². The highest BCUT2D eigenvalue weighted by molar-refractivity contribution is 9.10. The summed E-state index contributed by atoms with van der Waals surface area (Å²) in [6.07, 6.45) is 1.24. The number of nitrogens with zero attached hydrogens (tertiary/aromatic N) is 2. The molecule has 0 spiro atoms. The largest absolute Gasteiger partial charge is 0.488 e. The lowest BCUT2D eigenvalue weighted by Gasteiger charge is -2.09. The lowest BCUT2D eigenvalue weighted by atomic mass is 10.2.